The summed E-state index contributed by atoms with van der Waals surface area (Å²) in [5.74, 6) is 0.791. The van der Waals surface area contributed by atoms with Crippen LogP contribution >= 0.6 is 12.4 Å². The van der Waals surface area contributed by atoms with E-state index in [9.17, 15) is 9.59 Å². The van der Waals surface area contributed by atoms with E-state index in [2.05, 4.69) is 9.89 Å². The molecule has 1 saturated heterocycles. The minimum atomic E-state index is -0.349. The summed E-state index contributed by atoms with van der Waals surface area (Å²) in [4.78, 5) is 38.4. The number of anilines is 1. The van der Waals surface area contributed by atoms with Gasteiger partial charge in [0.1, 0.15) is 0 Å². The number of aryl methyl sites for hydroxylation is 2. The summed E-state index contributed by atoms with van der Waals surface area (Å²) >= 11 is 0. The second-order valence-electron chi connectivity index (χ2n) is 7.33. The molecule has 3 heterocycles. The van der Waals surface area contributed by atoms with Crippen LogP contribution in [0.5, 0.6) is 0 Å². The number of hydrogen-bond acceptors (Lipinski definition) is 5. The summed E-state index contributed by atoms with van der Waals surface area (Å²) in [7, 11) is 7.06. The highest BCUT2D eigenvalue weighted by Crippen LogP contribution is 2.23. The van der Waals surface area contributed by atoms with Crippen molar-refractivity contribution in [3.05, 3.63) is 20.8 Å². The van der Waals surface area contributed by atoms with Gasteiger partial charge in [-0.2, -0.15) is 4.98 Å². The Morgan fingerprint density at radius 1 is 1.11 bits per heavy atom. The lowest BCUT2D eigenvalue weighted by Crippen LogP contribution is -2.37. The first-order valence-electron chi connectivity index (χ1n) is 9.49. The van der Waals surface area contributed by atoms with Crippen molar-refractivity contribution in [1.82, 2.24) is 23.6 Å². The molecule has 0 saturated carbocycles. The van der Waals surface area contributed by atoms with Gasteiger partial charge in [0.15, 0.2) is 11.2 Å². The molecule has 0 bridgehead atoms. The second kappa shape index (κ2) is 9.27. The fourth-order valence-electron chi connectivity index (χ4n) is 3.52. The number of fused-ring (bicyclic) bond motifs is 1. The fourth-order valence-corrected chi connectivity index (χ4v) is 3.52. The van der Waals surface area contributed by atoms with Crippen LogP contribution in [0.25, 0.3) is 11.2 Å². The summed E-state index contributed by atoms with van der Waals surface area (Å²) in [6.45, 7) is 3.16. The van der Waals surface area contributed by atoms with Crippen molar-refractivity contribution in [2.45, 2.75) is 32.2 Å². The van der Waals surface area contributed by atoms with Gasteiger partial charge in [-0.05, 0) is 25.7 Å². The minimum Gasteiger partial charge on any atom is -0.369 e. The lowest BCUT2D eigenvalue weighted by atomic mass is 10.1. The molecule has 1 fully saturated rings. The third kappa shape index (κ3) is 4.24. The van der Waals surface area contributed by atoms with Gasteiger partial charge in [0.05, 0.1) is 6.34 Å². The highest BCUT2D eigenvalue weighted by Gasteiger charge is 2.23. The van der Waals surface area contributed by atoms with Crippen molar-refractivity contribution < 1.29 is 0 Å². The van der Waals surface area contributed by atoms with Crippen LogP contribution in [0.15, 0.2) is 14.6 Å². The third-order valence-electron chi connectivity index (χ3n) is 4.95. The number of aliphatic imine (C=N–C) groups is 1. The highest BCUT2D eigenvalue weighted by atomic mass is 35.5. The summed E-state index contributed by atoms with van der Waals surface area (Å²) in [5.41, 5.74) is 0.316. The average Bonchev–Trinajstić information content (AvgIpc) is 3.04. The van der Waals surface area contributed by atoms with E-state index in [0.717, 1.165) is 42.9 Å². The summed E-state index contributed by atoms with van der Waals surface area (Å²) in [6.07, 6.45) is 6.04. The quantitative estimate of drug-likeness (QED) is 0.399. The molecule has 9 nitrogen and oxygen atoms in total. The van der Waals surface area contributed by atoms with Gasteiger partial charge < -0.3 is 14.4 Å². The molecule has 0 radical (unpaired) electrons. The molecule has 0 aromatic carbocycles. The van der Waals surface area contributed by atoms with Crippen molar-refractivity contribution >= 4 is 35.9 Å². The van der Waals surface area contributed by atoms with Crippen LogP contribution in [-0.2, 0) is 20.6 Å². The number of aromatic nitrogens is 4. The van der Waals surface area contributed by atoms with E-state index in [1.165, 1.54) is 18.0 Å². The number of nitrogens with zero attached hydrogens (tertiary/aromatic N) is 7. The van der Waals surface area contributed by atoms with E-state index >= 15 is 0 Å². The Morgan fingerprint density at radius 2 is 1.79 bits per heavy atom. The van der Waals surface area contributed by atoms with Crippen LogP contribution in [-0.4, -0.2) is 63.7 Å². The minimum absolute atomic E-state index is 0. The molecule has 1 aliphatic heterocycles. The molecule has 0 unspecified atom stereocenters. The van der Waals surface area contributed by atoms with Crippen molar-refractivity contribution in [3.63, 3.8) is 0 Å². The summed E-state index contributed by atoms with van der Waals surface area (Å²) in [6, 6.07) is 0. The molecule has 10 heteroatoms. The fraction of sp³-hybridized carbons (Fsp3) is 0.667. The van der Waals surface area contributed by atoms with Crippen LogP contribution in [0.3, 0.4) is 0 Å². The predicted octanol–water partition coefficient (Wildman–Crippen LogP) is 0.826. The van der Waals surface area contributed by atoms with E-state index in [-0.39, 0.29) is 23.7 Å². The maximum absolute atomic E-state index is 12.8. The first-order valence-corrected chi connectivity index (χ1v) is 9.49. The van der Waals surface area contributed by atoms with Gasteiger partial charge in [0.25, 0.3) is 5.56 Å². The molecule has 1 aliphatic rings. The van der Waals surface area contributed by atoms with E-state index in [1.807, 2.05) is 23.6 Å². The molecule has 0 spiro atoms. The van der Waals surface area contributed by atoms with Crippen molar-refractivity contribution in [3.8, 4) is 0 Å². The molecule has 0 atom stereocenters. The average molecular weight is 412 g/mol. The number of rotatable bonds is 6. The molecule has 0 aliphatic carbocycles. The molecular weight excluding hydrogens is 382 g/mol. The molecule has 0 amide bonds. The Kier molecular flexibility index (Phi) is 7.29. The molecule has 2 aromatic heterocycles. The van der Waals surface area contributed by atoms with Crippen LogP contribution in [0.2, 0.25) is 0 Å². The topological polar surface area (TPSA) is 80.7 Å². The molecule has 156 valence electrons. The van der Waals surface area contributed by atoms with Crippen LogP contribution < -0.4 is 16.1 Å². The zero-order chi connectivity index (χ0) is 19.6. The van der Waals surface area contributed by atoms with Crippen molar-refractivity contribution in [1.29, 1.82) is 0 Å². The Bertz CT molecular complexity index is 951. The molecule has 2 aromatic rings. The Morgan fingerprint density at radius 3 is 2.43 bits per heavy atom. The zero-order valence-corrected chi connectivity index (χ0v) is 17.9. The number of piperidine rings is 1. The zero-order valence-electron chi connectivity index (χ0n) is 17.1. The van der Waals surface area contributed by atoms with E-state index in [4.69, 9.17) is 4.98 Å². The van der Waals surface area contributed by atoms with Gasteiger partial charge in [0.2, 0.25) is 5.95 Å². The van der Waals surface area contributed by atoms with Gasteiger partial charge in [-0.25, -0.2) is 4.79 Å². The maximum atomic E-state index is 12.8. The van der Waals surface area contributed by atoms with Crippen molar-refractivity contribution in [2.24, 2.45) is 19.1 Å². The van der Waals surface area contributed by atoms with Gasteiger partial charge in [-0.3, -0.25) is 18.9 Å². The van der Waals surface area contributed by atoms with E-state index in [1.54, 1.807) is 13.4 Å². The van der Waals surface area contributed by atoms with Crippen LogP contribution in [0.1, 0.15) is 25.7 Å². The van der Waals surface area contributed by atoms with Gasteiger partial charge in [0, 0.05) is 54.4 Å². The number of hydrogen-bond donors (Lipinski definition) is 0. The third-order valence-corrected chi connectivity index (χ3v) is 4.95. The molecule has 3 rings (SSSR count). The standard InChI is InChI=1S/C18H29N7O2.ClH/c1-21(2)13-19-9-8-12-25-14-15(22(3)18(27)23(4)16(14)26)20-17(25)24-10-6-5-7-11-24;/h13H,5-12H2,1-4H3;1H. The number of imidazole rings is 1. The largest absolute Gasteiger partial charge is 0.369 e. The second-order valence-corrected chi connectivity index (χ2v) is 7.33. The summed E-state index contributed by atoms with van der Waals surface area (Å²) in [5, 5.41) is 0. The normalized spacial score (nSPS) is 14.6. The van der Waals surface area contributed by atoms with Gasteiger partial charge in [-0.15, -0.1) is 12.4 Å². The number of halogens is 1. The van der Waals surface area contributed by atoms with Crippen LogP contribution in [0, 0.1) is 0 Å². The van der Waals surface area contributed by atoms with E-state index < -0.39 is 0 Å². The highest BCUT2D eigenvalue weighted by molar-refractivity contribution is 5.85. The predicted molar refractivity (Wildman–Crippen MR) is 115 cm³/mol. The first kappa shape index (κ1) is 22.0. The maximum Gasteiger partial charge on any atom is 0.332 e. The summed E-state index contributed by atoms with van der Waals surface area (Å²) < 4.78 is 4.60. The Hall–Kier alpha value is -2.29. The molecule has 0 N–H and O–H groups in total. The Labute approximate surface area is 170 Å². The first-order chi connectivity index (χ1) is 12.9. The lowest BCUT2D eigenvalue weighted by Gasteiger charge is -2.28. The lowest BCUT2D eigenvalue weighted by molar-refractivity contribution is 0.551. The van der Waals surface area contributed by atoms with Crippen LogP contribution in [0.4, 0.5) is 5.95 Å². The molecular formula is C18H30ClN7O2. The van der Waals surface area contributed by atoms with Crippen molar-refractivity contribution in [2.75, 3.05) is 38.6 Å². The smallest absolute Gasteiger partial charge is 0.332 e. The SMILES string of the molecule is CN(C)C=NCCCn1c(N2CCCCC2)nc2c1c(=O)n(C)c(=O)n2C.Cl. The monoisotopic (exact) mass is 411 g/mol. The van der Waals surface area contributed by atoms with Gasteiger partial charge in [-0.1, -0.05) is 0 Å². The molecule has 28 heavy (non-hydrogen) atoms. The van der Waals surface area contributed by atoms with Gasteiger partial charge >= 0.3 is 5.69 Å². The Balaban J connectivity index is 0.00000280. The van der Waals surface area contributed by atoms with E-state index in [0.29, 0.717) is 24.3 Å².